The van der Waals surface area contributed by atoms with Crippen LogP contribution in [0.25, 0.3) is 0 Å². The van der Waals surface area contributed by atoms with Crippen LogP contribution in [0.1, 0.15) is 181 Å². The number of unbranched alkanes of at least 4 members (excludes halogenated alkanes) is 20. The number of allylic oxidation sites excluding steroid dienone is 4. The highest BCUT2D eigenvalue weighted by atomic mass is 16.6. The smallest absolute Gasteiger partial charge is 0.305 e. The van der Waals surface area contributed by atoms with Gasteiger partial charge in [0.25, 0.3) is 0 Å². The molecule has 0 bridgehead atoms. The van der Waals surface area contributed by atoms with Crippen LogP contribution in [0.3, 0.4) is 0 Å². The number of hydrogen-bond acceptors (Lipinski definition) is 5. The molecule has 0 heterocycles. The number of aliphatic hydroxyl groups excluding tert-OH is 1. The van der Waals surface area contributed by atoms with Crippen molar-refractivity contribution in [1.82, 2.24) is 0 Å². The van der Waals surface area contributed by atoms with Crippen molar-refractivity contribution in [3.05, 3.63) is 24.3 Å². The minimum atomic E-state index is -0.964. The van der Waals surface area contributed by atoms with Crippen molar-refractivity contribution < 1.29 is 24.2 Å². The van der Waals surface area contributed by atoms with Gasteiger partial charge in [-0.2, -0.15) is 0 Å². The predicted molar refractivity (Wildman–Crippen MR) is 178 cm³/mol. The van der Waals surface area contributed by atoms with E-state index in [9.17, 15) is 14.7 Å². The van der Waals surface area contributed by atoms with E-state index in [-0.39, 0.29) is 25.2 Å². The normalized spacial score (nSPS) is 12.4. The van der Waals surface area contributed by atoms with Gasteiger partial charge in [0.15, 0.2) is 0 Å². The van der Waals surface area contributed by atoms with Crippen LogP contribution in [0, 0.1) is 0 Å². The summed E-state index contributed by atoms with van der Waals surface area (Å²) >= 11 is 0. The van der Waals surface area contributed by atoms with Crippen molar-refractivity contribution in [1.29, 1.82) is 0 Å². The number of hydrogen-bond donors (Lipinski definition) is 1. The molecule has 5 heteroatoms. The minimum Gasteiger partial charge on any atom is -0.463 e. The van der Waals surface area contributed by atoms with Gasteiger partial charge in [-0.1, -0.05) is 147 Å². The Morgan fingerprint density at radius 3 is 1.26 bits per heavy atom. The Balaban J connectivity index is 3.45. The van der Waals surface area contributed by atoms with E-state index >= 15 is 0 Å². The van der Waals surface area contributed by atoms with Crippen LogP contribution in [-0.2, 0) is 19.1 Å². The molecule has 0 saturated carbocycles. The number of aliphatic hydroxyl groups is 1. The van der Waals surface area contributed by atoms with Gasteiger partial charge in [0.05, 0.1) is 0 Å². The second-order valence-electron chi connectivity index (χ2n) is 12.0. The second-order valence-corrected chi connectivity index (χ2v) is 12.0. The first-order valence-electron chi connectivity index (χ1n) is 17.9. The molecule has 0 aromatic carbocycles. The van der Waals surface area contributed by atoms with Gasteiger partial charge in [0.1, 0.15) is 19.3 Å². The highest BCUT2D eigenvalue weighted by Crippen LogP contribution is 2.13. The molecule has 0 amide bonds. The van der Waals surface area contributed by atoms with Crippen LogP contribution >= 0.6 is 0 Å². The third kappa shape index (κ3) is 32.9. The molecule has 0 aromatic heterocycles. The Morgan fingerprint density at radius 2 is 0.833 bits per heavy atom. The molecule has 1 N–H and O–H groups in total. The van der Waals surface area contributed by atoms with E-state index in [1.807, 2.05) is 0 Å². The predicted octanol–water partition coefficient (Wildman–Crippen LogP) is 10.7. The van der Waals surface area contributed by atoms with Gasteiger partial charge in [-0.25, -0.2) is 0 Å². The molecular weight excluding hydrogens is 524 g/mol. The van der Waals surface area contributed by atoms with Crippen molar-refractivity contribution in [2.75, 3.05) is 13.2 Å². The standard InChI is InChI=1S/C37H68O5/c1-3-5-7-9-11-13-15-17-18-20-22-24-26-28-30-32-37(40)42-34-35(38)33-41-36(39)31-29-27-25-23-21-19-16-14-12-10-8-6-4-2/h11,13,17-18,35,38H,3-10,12,14-16,19-34H2,1-2H3/b13-11-,18-17-/t35-/m1/s1. The summed E-state index contributed by atoms with van der Waals surface area (Å²) in [4.78, 5) is 23.8. The van der Waals surface area contributed by atoms with Crippen molar-refractivity contribution in [2.45, 2.75) is 187 Å². The summed E-state index contributed by atoms with van der Waals surface area (Å²) in [7, 11) is 0. The Labute approximate surface area is 260 Å². The Kier molecular flexibility index (Phi) is 32.6. The molecule has 0 aliphatic rings. The van der Waals surface area contributed by atoms with Gasteiger partial charge in [-0.05, 0) is 44.9 Å². The van der Waals surface area contributed by atoms with Crippen LogP contribution in [-0.4, -0.2) is 36.4 Å². The maximum Gasteiger partial charge on any atom is 0.305 e. The first-order chi connectivity index (χ1) is 20.6. The van der Waals surface area contributed by atoms with Crippen molar-refractivity contribution in [3.63, 3.8) is 0 Å². The van der Waals surface area contributed by atoms with Crippen LogP contribution in [0.5, 0.6) is 0 Å². The lowest BCUT2D eigenvalue weighted by Gasteiger charge is -2.12. The summed E-state index contributed by atoms with van der Waals surface area (Å²) in [5.74, 6) is -0.577. The fourth-order valence-corrected chi connectivity index (χ4v) is 4.94. The molecule has 42 heavy (non-hydrogen) atoms. The molecule has 0 fully saturated rings. The summed E-state index contributed by atoms with van der Waals surface area (Å²) in [6.45, 7) is 4.26. The first-order valence-corrected chi connectivity index (χ1v) is 17.9. The number of carbonyl (C=O) groups excluding carboxylic acids is 2. The molecule has 0 unspecified atom stereocenters. The van der Waals surface area contributed by atoms with Crippen LogP contribution in [0.15, 0.2) is 24.3 Å². The Morgan fingerprint density at radius 1 is 0.500 bits per heavy atom. The summed E-state index contributed by atoms with van der Waals surface area (Å²) in [6.07, 6.45) is 37.9. The van der Waals surface area contributed by atoms with Crippen LogP contribution in [0.2, 0.25) is 0 Å². The highest BCUT2D eigenvalue weighted by molar-refractivity contribution is 5.69. The van der Waals surface area contributed by atoms with Gasteiger partial charge in [-0.15, -0.1) is 0 Å². The lowest BCUT2D eigenvalue weighted by Crippen LogP contribution is -2.25. The molecule has 0 radical (unpaired) electrons. The van der Waals surface area contributed by atoms with Crippen molar-refractivity contribution in [2.24, 2.45) is 0 Å². The molecular formula is C37H68O5. The number of esters is 2. The molecule has 0 aliphatic carbocycles. The number of carbonyl (C=O) groups is 2. The number of rotatable bonds is 32. The van der Waals surface area contributed by atoms with E-state index in [0.717, 1.165) is 51.4 Å². The molecule has 246 valence electrons. The monoisotopic (exact) mass is 593 g/mol. The summed E-state index contributed by atoms with van der Waals surface area (Å²) in [5.41, 5.74) is 0. The molecule has 1 atom stereocenters. The molecule has 0 spiro atoms. The van der Waals surface area contributed by atoms with Gasteiger partial charge >= 0.3 is 11.9 Å². The summed E-state index contributed by atoms with van der Waals surface area (Å²) < 4.78 is 10.3. The molecule has 0 rings (SSSR count). The highest BCUT2D eigenvalue weighted by Gasteiger charge is 2.12. The summed E-state index contributed by atoms with van der Waals surface area (Å²) in [5, 5.41) is 9.97. The lowest BCUT2D eigenvalue weighted by molar-refractivity contribution is -0.152. The largest absolute Gasteiger partial charge is 0.463 e. The van der Waals surface area contributed by atoms with Crippen molar-refractivity contribution in [3.8, 4) is 0 Å². The fourth-order valence-electron chi connectivity index (χ4n) is 4.94. The zero-order valence-corrected chi connectivity index (χ0v) is 27.8. The van der Waals surface area contributed by atoms with E-state index in [1.165, 1.54) is 103 Å². The number of ether oxygens (including phenoxy) is 2. The van der Waals surface area contributed by atoms with E-state index in [2.05, 4.69) is 38.2 Å². The molecule has 0 aromatic rings. The van der Waals surface area contributed by atoms with Gasteiger partial charge in [0.2, 0.25) is 0 Å². The minimum absolute atomic E-state index is 0.117. The Hall–Kier alpha value is -1.62. The van der Waals surface area contributed by atoms with E-state index < -0.39 is 6.10 Å². The maximum atomic E-state index is 11.9. The quantitative estimate of drug-likeness (QED) is 0.0478. The van der Waals surface area contributed by atoms with E-state index in [4.69, 9.17) is 9.47 Å². The Bertz CT molecular complexity index is 642. The third-order valence-electron chi connectivity index (χ3n) is 7.69. The maximum absolute atomic E-state index is 11.9. The average Bonchev–Trinajstić information content (AvgIpc) is 2.99. The van der Waals surface area contributed by atoms with E-state index in [1.54, 1.807) is 0 Å². The summed E-state index contributed by atoms with van der Waals surface area (Å²) in [6, 6.07) is 0. The lowest BCUT2D eigenvalue weighted by atomic mass is 10.0. The van der Waals surface area contributed by atoms with Gasteiger partial charge in [-0.3, -0.25) is 9.59 Å². The fraction of sp³-hybridized carbons (Fsp3) is 0.838. The molecule has 5 nitrogen and oxygen atoms in total. The molecule has 0 aliphatic heterocycles. The first kappa shape index (κ1) is 40.4. The third-order valence-corrected chi connectivity index (χ3v) is 7.69. The van der Waals surface area contributed by atoms with Crippen LogP contribution in [0.4, 0.5) is 0 Å². The van der Waals surface area contributed by atoms with Crippen LogP contribution < -0.4 is 0 Å². The zero-order chi connectivity index (χ0) is 30.8. The van der Waals surface area contributed by atoms with Gasteiger partial charge < -0.3 is 14.6 Å². The van der Waals surface area contributed by atoms with E-state index in [0.29, 0.717) is 12.8 Å². The average molecular weight is 593 g/mol. The SMILES string of the molecule is CCCCC/C=C\C/C=C\CCCCCCCC(=O)OC[C@H](O)COC(=O)CCCCCCCCCCCCCCC. The molecule has 0 saturated heterocycles. The van der Waals surface area contributed by atoms with Crippen molar-refractivity contribution >= 4 is 11.9 Å². The van der Waals surface area contributed by atoms with Gasteiger partial charge in [0, 0.05) is 12.8 Å². The topological polar surface area (TPSA) is 72.8 Å². The second kappa shape index (κ2) is 33.9. The zero-order valence-electron chi connectivity index (χ0n) is 27.8.